The summed E-state index contributed by atoms with van der Waals surface area (Å²) < 4.78 is 4.93. The van der Waals surface area contributed by atoms with E-state index in [1.54, 1.807) is 12.1 Å². The van der Waals surface area contributed by atoms with Crippen LogP contribution in [0.1, 0.15) is 24.2 Å². The highest BCUT2D eigenvalue weighted by Crippen LogP contribution is 2.22. The topological polar surface area (TPSA) is 173 Å². The summed E-state index contributed by atoms with van der Waals surface area (Å²) in [4.78, 5) is 40.2. The molecular weight excluding hydrogens is 382 g/mol. The molecule has 0 atom stereocenters. The number of nitrogens with zero attached hydrogens (tertiary/aromatic N) is 3. The van der Waals surface area contributed by atoms with Gasteiger partial charge in [-0.1, -0.05) is 11.8 Å². The third kappa shape index (κ3) is 5.97. The smallest absolute Gasteiger partial charge is 0.341 e. The van der Waals surface area contributed by atoms with Gasteiger partial charge in [0.05, 0.1) is 11.3 Å². The molecule has 1 rings (SSSR count). The molecule has 0 saturated heterocycles. The zero-order chi connectivity index (χ0) is 21.3. The molecule has 0 bridgehead atoms. The number of pyridine rings is 1. The van der Waals surface area contributed by atoms with Crippen molar-refractivity contribution in [2.45, 2.75) is 18.9 Å². The fraction of sp³-hybridized carbons (Fsp3) is 0.222. The number of nitrogens with two attached hydrogens (primary N) is 2. The maximum Gasteiger partial charge on any atom is 0.341 e. The third-order valence-electron chi connectivity index (χ3n) is 3.24. The number of aromatic nitrogens is 1. The van der Waals surface area contributed by atoms with Gasteiger partial charge in [-0.2, -0.15) is 10.5 Å². The molecule has 1 aromatic rings. The molecule has 4 N–H and O–H groups in total. The monoisotopic (exact) mass is 399 g/mol. The number of hydrogen-bond donors (Lipinski definition) is 2. The van der Waals surface area contributed by atoms with E-state index in [0.717, 1.165) is 11.8 Å². The van der Waals surface area contributed by atoms with Crippen LogP contribution in [0.4, 0.5) is 0 Å². The van der Waals surface area contributed by atoms with Crippen LogP contribution in [0, 0.1) is 22.7 Å². The second-order valence-corrected chi connectivity index (χ2v) is 6.37. The number of carbonyl (C=O) groups excluding carboxylic acids is 3. The molecular formula is C18H17N5O4S. The van der Waals surface area contributed by atoms with Gasteiger partial charge in [-0.3, -0.25) is 9.59 Å². The molecule has 0 fully saturated rings. The molecule has 1 heterocycles. The average Bonchev–Trinajstić information content (AvgIpc) is 2.65. The second-order valence-electron chi connectivity index (χ2n) is 5.41. The molecule has 1 aromatic heterocycles. The van der Waals surface area contributed by atoms with Crippen LogP contribution in [-0.2, 0) is 14.3 Å². The van der Waals surface area contributed by atoms with E-state index in [2.05, 4.69) is 4.98 Å². The fourth-order valence-electron chi connectivity index (χ4n) is 1.89. The van der Waals surface area contributed by atoms with Gasteiger partial charge in [-0.25, -0.2) is 9.78 Å². The number of hydrogen-bond acceptors (Lipinski definition) is 10. The number of Topliss-reactive ketones (excluding diaryl/α,β-unsaturated/α-hetero) is 2. The Morgan fingerprint density at radius 1 is 1.11 bits per heavy atom. The van der Waals surface area contributed by atoms with Gasteiger partial charge in [0.2, 0.25) is 5.78 Å². The molecule has 0 aliphatic rings. The Balaban J connectivity index is 2.88. The number of ketones is 2. The molecule has 0 aliphatic heterocycles. The van der Waals surface area contributed by atoms with Crippen LogP contribution in [0.2, 0.25) is 0 Å². The Kier molecular flexibility index (Phi) is 8.41. The van der Waals surface area contributed by atoms with Crippen LogP contribution in [-0.4, -0.2) is 34.9 Å². The molecule has 0 aromatic carbocycles. The number of thioether (sulfide) groups is 1. The first-order valence-corrected chi connectivity index (χ1v) is 8.75. The molecule has 0 spiro atoms. The first-order valence-electron chi connectivity index (χ1n) is 7.77. The normalized spacial score (nSPS) is 12.0. The minimum Gasteiger partial charge on any atom is -0.454 e. The summed E-state index contributed by atoms with van der Waals surface area (Å²) in [5, 5.41) is 18.0. The van der Waals surface area contributed by atoms with Crippen LogP contribution < -0.4 is 11.5 Å². The molecule has 0 unspecified atom stereocenters. The van der Waals surface area contributed by atoms with Gasteiger partial charge in [-0.15, -0.1) is 0 Å². The number of esters is 1. The quantitative estimate of drug-likeness (QED) is 0.277. The van der Waals surface area contributed by atoms with Crippen molar-refractivity contribution in [3.05, 3.63) is 46.4 Å². The zero-order valence-corrected chi connectivity index (χ0v) is 16.0. The molecule has 144 valence electrons. The largest absolute Gasteiger partial charge is 0.454 e. The fourth-order valence-corrected chi connectivity index (χ4v) is 2.74. The Bertz CT molecular complexity index is 945. The van der Waals surface area contributed by atoms with Gasteiger partial charge in [0, 0.05) is 17.6 Å². The van der Waals surface area contributed by atoms with Gasteiger partial charge in [0.1, 0.15) is 28.3 Å². The van der Waals surface area contributed by atoms with Crippen molar-refractivity contribution < 1.29 is 19.1 Å². The first kappa shape index (κ1) is 22.4. The van der Waals surface area contributed by atoms with E-state index in [-0.39, 0.29) is 38.9 Å². The predicted molar refractivity (Wildman–Crippen MR) is 100 cm³/mol. The van der Waals surface area contributed by atoms with Crippen molar-refractivity contribution in [1.29, 1.82) is 10.5 Å². The molecule has 0 aliphatic carbocycles. The molecule has 10 heteroatoms. The van der Waals surface area contributed by atoms with Gasteiger partial charge in [0.15, 0.2) is 12.4 Å². The van der Waals surface area contributed by atoms with Gasteiger partial charge in [0.25, 0.3) is 0 Å². The lowest BCUT2D eigenvalue weighted by Gasteiger charge is -2.08. The Morgan fingerprint density at radius 2 is 1.68 bits per heavy atom. The van der Waals surface area contributed by atoms with Gasteiger partial charge < -0.3 is 16.2 Å². The van der Waals surface area contributed by atoms with Crippen molar-refractivity contribution in [3.8, 4) is 12.1 Å². The highest BCUT2D eigenvalue weighted by atomic mass is 32.2. The highest BCUT2D eigenvalue weighted by Gasteiger charge is 2.20. The van der Waals surface area contributed by atoms with Crippen molar-refractivity contribution in [3.63, 3.8) is 0 Å². The molecule has 0 saturated carbocycles. The summed E-state index contributed by atoms with van der Waals surface area (Å²) in [6.45, 7) is 2.16. The molecule has 0 amide bonds. The van der Waals surface area contributed by atoms with Crippen LogP contribution in [0.3, 0.4) is 0 Å². The lowest BCUT2D eigenvalue weighted by molar-refractivity contribution is -0.118. The second kappa shape index (κ2) is 10.5. The number of allylic oxidation sites excluding steroid dienone is 3. The van der Waals surface area contributed by atoms with E-state index >= 15 is 0 Å². The third-order valence-corrected chi connectivity index (χ3v) is 4.24. The molecule has 0 radical (unpaired) electrons. The number of nitriles is 2. The Labute approximate surface area is 165 Å². The highest BCUT2D eigenvalue weighted by molar-refractivity contribution is 8.00. The molecule has 28 heavy (non-hydrogen) atoms. The lowest BCUT2D eigenvalue weighted by Crippen LogP contribution is -2.18. The minimum absolute atomic E-state index is 0.0243. The van der Waals surface area contributed by atoms with Crippen molar-refractivity contribution in [1.82, 2.24) is 4.98 Å². The lowest BCUT2D eigenvalue weighted by atomic mass is 10.1. The summed E-state index contributed by atoms with van der Waals surface area (Å²) in [5.41, 5.74) is 10.6. The van der Waals surface area contributed by atoms with Gasteiger partial charge >= 0.3 is 5.97 Å². The summed E-state index contributed by atoms with van der Waals surface area (Å²) in [6, 6.07) is 6.29. The zero-order valence-electron chi connectivity index (χ0n) is 15.2. The summed E-state index contributed by atoms with van der Waals surface area (Å²) in [5.74, 6) is -2.25. The Hall–Kier alpha value is -3.63. The van der Waals surface area contributed by atoms with E-state index in [4.69, 9.17) is 26.7 Å². The van der Waals surface area contributed by atoms with E-state index in [9.17, 15) is 14.4 Å². The van der Waals surface area contributed by atoms with Crippen LogP contribution >= 0.6 is 11.8 Å². The maximum absolute atomic E-state index is 12.3. The van der Waals surface area contributed by atoms with Crippen LogP contribution in [0.5, 0.6) is 0 Å². The minimum atomic E-state index is -0.852. The van der Waals surface area contributed by atoms with Crippen LogP contribution in [0.15, 0.2) is 45.9 Å². The van der Waals surface area contributed by atoms with Crippen molar-refractivity contribution >= 4 is 29.3 Å². The standard InChI is InChI=1S/C18H17N5O4S/c1-10(21)13(6-19)15(24)8-27-18(26)12-4-3-5-23-17(12)28-9-16(25)14(7-20)11(2)22/h3-5H,8-9,21-22H2,1-2H3/b13-10+,14-11+. The summed E-state index contributed by atoms with van der Waals surface area (Å²) >= 11 is 0.926. The van der Waals surface area contributed by atoms with Gasteiger partial charge in [-0.05, 0) is 26.0 Å². The van der Waals surface area contributed by atoms with E-state index in [1.165, 1.54) is 32.2 Å². The summed E-state index contributed by atoms with van der Waals surface area (Å²) in [6.07, 6.45) is 1.41. The predicted octanol–water partition coefficient (Wildman–Crippen LogP) is 0.981. The SMILES string of the molecule is C/C(N)=C(/C#N)C(=O)COC(=O)c1cccnc1SCC(=O)/C(C#N)=C(\C)N. The number of ether oxygens (including phenoxy) is 1. The number of carbonyl (C=O) groups is 3. The average molecular weight is 399 g/mol. The van der Waals surface area contributed by atoms with Crippen molar-refractivity contribution in [2.24, 2.45) is 11.5 Å². The molecule has 9 nitrogen and oxygen atoms in total. The first-order chi connectivity index (χ1) is 13.2. The van der Waals surface area contributed by atoms with E-state index in [1.807, 2.05) is 0 Å². The van der Waals surface area contributed by atoms with E-state index < -0.39 is 24.1 Å². The van der Waals surface area contributed by atoms with E-state index in [0.29, 0.717) is 0 Å². The Morgan fingerprint density at radius 3 is 2.21 bits per heavy atom. The van der Waals surface area contributed by atoms with Crippen LogP contribution in [0.25, 0.3) is 0 Å². The summed E-state index contributed by atoms with van der Waals surface area (Å²) in [7, 11) is 0. The number of rotatable bonds is 8. The maximum atomic E-state index is 12.3. The van der Waals surface area contributed by atoms with Crippen molar-refractivity contribution in [2.75, 3.05) is 12.4 Å².